The summed E-state index contributed by atoms with van der Waals surface area (Å²) in [6.07, 6.45) is 1.39. The third kappa shape index (κ3) is 8.12. The molecule has 0 aliphatic carbocycles. The van der Waals surface area contributed by atoms with E-state index in [1.54, 1.807) is 6.92 Å². The fraction of sp³-hybridized carbons (Fsp3) is 0.818. The molecule has 0 aliphatic rings. The second-order valence-electron chi connectivity index (χ2n) is 3.82. The first-order chi connectivity index (χ1) is 7.07. The number of Topliss-reactive ketones (excluding diaryl/α,β-unsaturated/α-hetero) is 1. The Kier molecular flexibility index (Phi) is 7.91. The van der Waals surface area contributed by atoms with Crippen molar-refractivity contribution < 1.29 is 9.59 Å². The highest BCUT2D eigenvalue weighted by Crippen LogP contribution is 2.01. The van der Waals surface area contributed by atoms with Gasteiger partial charge in [0.25, 0.3) is 0 Å². The Bertz CT molecular complexity index is 205. The maximum atomic E-state index is 11.3. The van der Waals surface area contributed by atoms with Gasteiger partial charge >= 0.3 is 0 Å². The second kappa shape index (κ2) is 8.41. The Labute approximate surface area is 91.8 Å². The Morgan fingerprint density at radius 1 is 1.20 bits per heavy atom. The lowest BCUT2D eigenvalue weighted by atomic mass is 10.0. The molecule has 0 heterocycles. The molecule has 4 nitrogen and oxygen atoms in total. The van der Waals surface area contributed by atoms with Crippen molar-refractivity contribution in [3.63, 3.8) is 0 Å². The fourth-order valence-electron chi connectivity index (χ4n) is 1.09. The van der Waals surface area contributed by atoms with Gasteiger partial charge in [0.15, 0.2) is 0 Å². The number of rotatable bonds is 8. The lowest BCUT2D eigenvalue weighted by Gasteiger charge is -2.08. The fourth-order valence-corrected chi connectivity index (χ4v) is 1.09. The van der Waals surface area contributed by atoms with E-state index in [-0.39, 0.29) is 17.6 Å². The van der Waals surface area contributed by atoms with E-state index in [2.05, 4.69) is 17.6 Å². The van der Waals surface area contributed by atoms with Gasteiger partial charge in [-0.2, -0.15) is 0 Å². The van der Waals surface area contributed by atoms with Gasteiger partial charge in [0.1, 0.15) is 5.78 Å². The molecule has 1 amide bonds. The van der Waals surface area contributed by atoms with E-state index in [0.717, 1.165) is 19.5 Å². The predicted octanol–water partition coefficient (Wildman–Crippen LogP) is 0.717. The van der Waals surface area contributed by atoms with E-state index in [1.807, 2.05) is 0 Å². The van der Waals surface area contributed by atoms with Crippen LogP contribution in [-0.2, 0) is 9.59 Å². The zero-order valence-corrected chi connectivity index (χ0v) is 9.93. The summed E-state index contributed by atoms with van der Waals surface area (Å²) in [5.41, 5.74) is 0. The number of carbonyl (C=O) groups excluding carboxylic acids is 2. The van der Waals surface area contributed by atoms with Gasteiger partial charge in [-0.05, 0) is 19.9 Å². The highest BCUT2D eigenvalue weighted by Gasteiger charge is 2.12. The van der Waals surface area contributed by atoms with Crippen molar-refractivity contribution in [1.82, 2.24) is 10.6 Å². The summed E-state index contributed by atoms with van der Waals surface area (Å²) in [5, 5.41) is 5.96. The summed E-state index contributed by atoms with van der Waals surface area (Å²) in [5.74, 6) is -0.154. The molecule has 0 rings (SSSR count). The Morgan fingerprint density at radius 3 is 2.40 bits per heavy atom. The average Bonchev–Trinajstić information content (AvgIpc) is 2.17. The van der Waals surface area contributed by atoms with Crippen LogP contribution in [-0.4, -0.2) is 31.3 Å². The Morgan fingerprint density at radius 2 is 1.87 bits per heavy atom. The highest BCUT2D eigenvalue weighted by molar-refractivity contribution is 5.85. The van der Waals surface area contributed by atoms with Crippen molar-refractivity contribution in [3.8, 4) is 0 Å². The van der Waals surface area contributed by atoms with Gasteiger partial charge in [-0.3, -0.25) is 9.59 Å². The highest BCUT2D eigenvalue weighted by atomic mass is 16.2. The van der Waals surface area contributed by atoms with Gasteiger partial charge in [0.2, 0.25) is 5.91 Å². The lowest BCUT2D eigenvalue weighted by molar-refractivity contribution is -0.127. The van der Waals surface area contributed by atoms with Gasteiger partial charge in [-0.1, -0.05) is 13.8 Å². The number of ketones is 1. The average molecular weight is 214 g/mol. The molecule has 1 atom stereocenters. The van der Waals surface area contributed by atoms with E-state index < -0.39 is 0 Å². The van der Waals surface area contributed by atoms with Gasteiger partial charge in [-0.15, -0.1) is 0 Å². The molecule has 15 heavy (non-hydrogen) atoms. The molecular weight excluding hydrogens is 192 g/mol. The van der Waals surface area contributed by atoms with Crippen LogP contribution in [0.15, 0.2) is 0 Å². The molecule has 0 fully saturated rings. The van der Waals surface area contributed by atoms with Crippen molar-refractivity contribution in [1.29, 1.82) is 0 Å². The van der Waals surface area contributed by atoms with E-state index >= 15 is 0 Å². The van der Waals surface area contributed by atoms with E-state index in [9.17, 15) is 9.59 Å². The van der Waals surface area contributed by atoms with Crippen LogP contribution in [0.4, 0.5) is 0 Å². The van der Waals surface area contributed by atoms with Crippen molar-refractivity contribution in [2.45, 2.75) is 33.6 Å². The smallest absolute Gasteiger partial charge is 0.220 e. The first-order valence-corrected chi connectivity index (χ1v) is 5.55. The molecule has 0 saturated heterocycles. The van der Waals surface area contributed by atoms with Crippen LogP contribution in [0.5, 0.6) is 0 Å². The van der Waals surface area contributed by atoms with Crippen molar-refractivity contribution >= 4 is 11.7 Å². The zero-order valence-electron chi connectivity index (χ0n) is 9.93. The maximum Gasteiger partial charge on any atom is 0.220 e. The molecule has 2 N–H and O–H groups in total. The molecular formula is C11H22N2O2. The minimum Gasteiger partial charge on any atom is -0.355 e. The predicted molar refractivity (Wildman–Crippen MR) is 60.6 cm³/mol. The van der Waals surface area contributed by atoms with Gasteiger partial charge in [-0.25, -0.2) is 0 Å². The van der Waals surface area contributed by atoms with Crippen LogP contribution in [0.25, 0.3) is 0 Å². The molecule has 0 radical (unpaired) electrons. The molecule has 0 spiro atoms. The topological polar surface area (TPSA) is 58.2 Å². The van der Waals surface area contributed by atoms with Crippen molar-refractivity contribution in [3.05, 3.63) is 0 Å². The second-order valence-corrected chi connectivity index (χ2v) is 3.82. The molecule has 1 unspecified atom stereocenters. The quantitative estimate of drug-likeness (QED) is 0.585. The van der Waals surface area contributed by atoms with Gasteiger partial charge in [0.05, 0.1) is 0 Å². The molecule has 0 aromatic rings. The molecule has 88 valence electrons. The van der Waals surface area contributed by atoms with Crippen LogP contribution < -0.4 is 10.6 Å². The molecule has 4 heteroatoms. The third-order valence-corrected chi connectivity index (χ3v) is 2.24. The maximum absolute atomic E-state index is 11.3. The first-order valence-electron chi connectivity index (χ1n) is 5.55. The molecule has 0 aliphatic heterocycles. The number of nitrogens with one attached hydrogen (secondary N) is 2. The van der Waals surface area contributed by atoms with Crippen LogP contribution in [0, 0.1) is 5.92 Å². The number of hydrogen-bond donors (Lipinski definition) is 2. The monoisotopic (exact) mass is 214 g/mol. The zero-order chi connectivity index (χ0) is 11.7. The number of hydrogen-bond acceptors (Lipinski definition) is 3. The van der Waals surface area contributed by atoms with Crippen molar-refractivity contribution in [2.24, 2.45) is 5.92 Å². The molecule has 0 saturated carbocycles. The summed E-state index contributed by atoms with van der Waals surface area (Å²) in [6.45, 7) is 7.77. The SMILES string of the molecule is CCCNCCNC(=O)CC(C)C(C)=O. The van der Waals surface area contributed by atoms with Crippen LogP contribution in [0.3, 0.4) is 0 Å². The Hall–Kier alpha value is -0.900. The minimum atomic E-state index is -0.173. The van der Waals surface area contributed by atoms with Crippen LogP contribution >= 0.6 is 0 Å². The summed E-state index contributed by atoms with van der Waals surface area (Å²) in [6, 6.07) is 0. The number of amides is 1. The third-order valence-electron chi connectivity index (χ3n) is 2.24. The standard InChI is InChI=1S/C11H22N2O2/c1-4-5-12-6-7-13-11(15)8-9(2)10(3)14/h9,12H,4-8H2,1-3H3,(H,13,15). The minimum absolute atomic E-state index is 0.0454. The molecule has 0 aromatic carbocycles. The molecule has 0 bridgehead atoms. The summed E-state index contributed by atoms with van der Waals surface area (Å²) < 4.78 is 0. The van der Waals surface area contributed by atoms with E-state index in [0.29, 0.717) is 13.0 Å². The summed E-state index contributed by atoms with van der Waals surface area (Å²) in [7, 11) is 0. The van der Waals surface area contributed by atoms with E-state index in [4.69, 9.17) is 0 Å². The number of carbonyl (C=O) groups is 2. The van der Waals surface area contributed by atoms with Crippen molar-refractivity contribution in [2.75, 3.05) is 19.6 Å². The van der Waals surface area contributed by atoms with Gasteiger partial charge in [0, 0.05) is 25.4 Å². The summed E-state index contributed by atoms with van der Waals surface area (Å²) >= 11 is 0. The first kappa shape index (κ1) is 14.1. The Balaban J connectivity index is 3.45. The van der Waals surface area contributed by atoms with E-state index in [1.165, 1.54) is 6.92 Å². The van der Waals surface area contributed by atoms with Crippen LogP contribution in [0.2, 0.25) is 0 Å². The normalized spacial score (nSPS) is 12.2. The van der Waals surface area contributed by atoms with Gasteiger partial charge < -0.3 is 10.6 Å². The van der Waals surface area contributed by atoms with Crippen LogP contribution in [0.1, 0.15) is 33.6 Å². The summed E-state index contributed by atoms with van der Waals surface area (Å²) in [4.78, 5) is 22.2. The lowest BCUT2D eigenvalue weighted by Crippen LogP contribution is -2.33. The molecule has 0 aromatic heterocycles. The largest absolute Gasteiger partial charge is 0.355 e.